The lowest BCUT2D eigenvalue weighted by Gasteiger charge is -2.06. The Bertz CT molecular complexity index is 647. The van der Waals surface area contributed by atoms with E-state index >= 15 is 0 Å². The van der Waals surface area contributed by atoms with E-state index in [4.69, 9.17) is 10.5 Å². The van der Waals surface area contributed by atoms with Crippen molar-refractivity contribution in [2.24, 2.45) is 5.73 Å². The third-order valence-electron chi connectivity index (χ3n) is 4.42. The summed E-state index contributed by atoms with van der Waals surface area (Å²) in [5.74, 6) is -1.78. The van der Waals surface area contributed by atoms with Crippen molar-refractivity contribution < 1.29 is 19.1 Å². The zero-order chi connectivity index (χ0) is 21.9. The molecule has 0 aliphatic heterocycles. The maximum absolute atomic E-state index is 11.7. The van der Waals surface area contributed by atoms with Crippen molar-refractivity contribution in [3.05, 3.63) is 42.5 Å². The number of amides is 3. The Balaban J connectivity index is 1.82. The smallest absolute Gasteiger partial charge is 0.309 e. The summed E-state index contributed by atoms with van der Waals surface area (Å²) in [5, 5.41) is 5.27. The van der Waals surface area contributed by atoms with E-state index in [9.17, 15) is 14.4 Å². The number of anilines is 1. The first kappa shape index (κ1) is 25.4. The van der Waals surface area contributed by atoms with Gasteiger partial charge in [0.2, 0.25) is 5.91 Å². The quantitative estimate of drug-likeness (QED) is 0.218. The Labute approximate surface area is 179 Å². The highest BCUT2D eigenvalue weighted by Crippen LogP contribution is 2.07. The molecule has 1 aromatic carbocycles. The molecule has 0 bridgehead atoms. The molecule has 1 rings (SSSR count). The van der Waals surface area contributed by atoms with Crippen LogP contribution in [0.25, 0.3) is 0 Å². The lowest BCUT2D eigenvalue weighted by molar-refractivity contribution is -0.137. The summed E-state index contributed by atoms with van der Waals surface area (Å²) < 4.78 is 5.42. The van der Waals surface area contributed by atoms with E-state index in [1.807, 2.05) is 30.3 Å². The molecule has 0 saturated carbocycles. The molecule has 0 aliphatic rings. The lowest BCUT2D eigenvalue weighted by atomic mass is 10.1. The third-order valence-corrected chi connectivity index (χ3v) is 4.42. The fourth-order valence-corrected chi connectivity index (χ4v) is 2.79. The Hall–Kier alpha value is -2.67. The molecule has 0 fully saturated rings. The van der Waals surface area contributed by atoms with Gasteiger partial charge in [-0.2, -0.15) is 0 Å². The van der Waals surface area contributed by atoms with Crippen LogP contribution in [-0.4, -0.2) is 37.5 Å². The molecule has 0 radical (unpaired) electrons. The van der Waals surface area contributed by atoms with Gasteiger partial charge in [0.05, 0.1) is 0 Å². The van der Waals surface area contributed by atoms with Gasteiger partial charge in [-0.25, -0.2) is 0 Å². The highest BCUT2D eigenvalue weighted by molar-refractivity contribution is 6.34. The first-order valence-corrected chi connectivity index (χ1v) is 10.7. The van der Waals surface area contributed by atoms with E-state index in [0.29, 0.717) is 13.2 Å². The molecule has 1 aromatic rings. The van der Waals surface area contributed by atoms with Gasteiger partial charge in [0.1, 0.15) is 6.61 Å². The van der Waals surface area contributed by atoms with Crippen molar-refractivity contribution in [1.82, 2.24) is 5.32 Å². The number of nitrogens with one attached hydrogen (secondary N) is 2. The van der Waals surface area contributed by atoms with Crippen LogP contribution in [0.15, 0.2) is 42.5 Å². The number of hydrogen-bond donors (Lipinski definition) is 3. The molecule has 0 spiro atoms. The van der Waals surface area contributed by atoms with Gasteiger partial charge in [-0.15, -0.1) is 0 Å². The van der Waals surface area contributed by atoms with E-state index in [1.54, 1.807) is 0 Å². The summed E-state index contributed by atoms with van der Waals surface area (Å²) in [6.07, 6.45) is 13.9. The minimum atomic E-state index is -0.936. The number of rotatable bonds is 16. The minimum Gasteiger partial charge on any atom is -0.372 e. The summed E-state index contributed by atoms with van der Waals surface area (Å²) in [5.41, 5.74) is 5.63. The van der Waals surface area contributed by atoms with Crippen LogP contribution in [0.1, 0.15) is 57.8 Å². The monoisotopic (exact) mass is 417 g/mol. The number of ether oxygens (including phenoxy) is 1. The van der Waals surface area contributed by atoms with Gasteiger partial charge in [-0.05, 0) is 50.7 Å². The Morgan fingerprint density at radius 2 is 1.50 bits per heavy atom. The highest BCUT2D eigenvalue weighted by Gasteiger charge is 2.05. The van der Waals surface area contributed by atoms with Gasteiger partial charge in [0.15, 0.2) is 0 Å². The molecule has 0 aromatic heterocycles. The van der Waals surface area contributed by atoms with Crippen molar-refractivity contribution in [3.8, 4) is 0 Å². The zero-order valence-corrected chi connectivity index (χ0v) is 17.7. The number of para-hydroxylation sites is 1. The summed E-state index contributed by atoms with van der Waals surface area (Å²) in [6, 6.07) is 9.37. The third kappa shape index (κ3) is 14.3. The van der Waals surface area contributed by atoms with E-state index in [1.165, 1.54) is 19.3 Å². The van der Waals surface area contributed by atoms with E-state index in [-0.39, 0.29) is 12.5 Å². The molecule has 0 atom stereocenters. The van der Waals surface area contributed by atoms with Crippen molar-refractivity contribution in [2.75, 3.05) is 25.1 Å². The fourth-order valence-electron chi connectivity index (χ4n) is 2.79. The summed E-state index contributed by atoms with van der Waals surface area (Å²) >= 11 is 0. The van der Waals surface area contributed by atoms with Gasteiger partial charge < -0.3 is 21.1 Å². The Morgan fingerprint density at radius 3 is 2.20 bits per heavy atom. The maximum Gasteiger partial charge on any atom is 0.309 e. The van der Waals surface area contributed by atoms with Crippen LogP contribution in [-0.2, 0) is 19.1 Å². The minimum absolute atomic E-state index is 0.0944. The van der Waals surface area contributed by atoms with Crippen LogP contribution >= 0.6 is 0 Å². The fraction of sp³-hybridized carbons (Fsp3) is 0.522. The molecule has 4 N–H and O–H groups in total. The molecular weight excluding hydrogens is 382 g/mol. The second-order valence-corrected chi connectivity index (χ2v) is 7.11. The molecular formula is C23H35N3O4. The van der Waals surface area contributed by atoms with Crippen LogP contribution in [0.3, 0.4) is 0 Å². The SMILES string of the molecule is NC(=O)C(=O)NCCCC/C=C\CCCCCCCOCC(=O)Nc1ccccc1. The molecule has 3 amide bonds. The van der Waals surface area contributed by atoms with Crippen molar-refractivity contribution in [1.29, 1.82) is 0 Å². The van der Waals surface area contributed by atoms with Crippen LogP contribution < -0.4 is 16.4 Å². The van der Waals surface area contributed by atoms with Crippen molar-refractivity contribution >= 4 is 23.4 Å². The summed E-state index contributed by atoms with van der Waals surface area (Å²) in [7, 11) is 0. The number of allylic oxidation sites excluding steroid dienone is 2. The lowest BCUT2D eigenvalue weighted by Crippen LogP contribution is -2.36. The van der Waals surface area contributed by atoms with E-state index in [2.05, 4.69) is 22.8 Å². The number of hydrogen-bond acceptors (Lipinski definition) is 4. The second-order valence-electron chi connectivity index (χ2n) is 7.11. The predicted octanol–water partition coefficient (Wildman–Crippen LogP) is 3.31. The number of benzene rings is 1. The second kappa shape index (κ2) is 17.2. The first-order valence-electron chi connectivity index (χ1n) is 10.7. The average molecular weight is 418 g/mol. The molecule has 7 heteroatoms. The molecule has 30 heavy (non-hydrogen) atoms. The van der Waals surface area contributed by atoms with Crippen LogP contribution in [0, 0.1) is 0 Å². The maximum atomic E-state index is 11.7. The number of primary amides is 1. The van der Waals surface area contributed by atoms with Crippen LogP contribution in [0.4, 0.5) is 5.69 Å². The average Bonchev–Trinajstić information content (AvgIpc) is 2.73. The Kier molecular flexibility index (Phi) is 14.6. The van der Waals surface area contributed by atoms with Crippen LogP contribution in [0.5, 0.6) is 0 Å². The molecule has 0 unspecified atom stereocenters. The zero-order valence-electron chi connectivity index (χ0n) is 17.7. The van der Waals surface area contributed by atoms with Gasteiger partial charge in [0, 0.05) is 18.8 Å². The molecule has 7 nitrogen and oxygen atoms in total. The first-order chi connectivity index (χ1) is 14.6. The standard InChI is InChI=1S/C23H35N3O4/c24-22(28)23(29)25-17-13-8-6-4-2-1-3-5-7-9-14-18-30-19-21(27)26-20-15-11-10-12-16-20/h2,4,10-12,15-16H,1,3,5-9,13-14,17-19H2,(H2,24,28)(H,25,29)(H,26,27)/b4-2-. The number of carbonyl (C=O) groups is 3. The van der Waals surface area contributed by atoms with Gasteiger partial charge in [-0.3, -0.25) is 14.4 Å². The molecule has 0 saturated heterocycles. The largest absolute Gasteiger partial charge is 0.372 e. The summed E-state index contributed by atoms with van der Waals surface area (Å²) in [6.45, 7) is 1.19. The van der Waals surface area contributed by atoms with Crippen molar-refractivity contribution in [3.63, 3.8) is 0 Å². The number of unbranched alkanes of at least 4 members (excludes halogenated alkanes) is 7. The summed E-state index contributed by atoms with van der Waals surface area (Å²) in [4.78, 5) is 33.2. The highest BCUT2D eigenvalue weighted by atomic mass is 16.5. The predicted molar refractivity (Wildman–Crippen MR) is 119 cm³/mol. The molecule has 0 heterocycles. The van der Waals surface area contributed by atoms with Gasteiger partial charge in [0.25, 0.3) is 0 Å². The van der Waals surface area contributed by atoms with E-state index in [0.717, 1.165) is 44.2 Å². The van der Waals surface area contributed by atoms with E-state index < -0.39 is 11.8 Å². The number of nitrogens with two attached hydrogens (primary N) is 1. The topological polar surface area (TPSA) is 111 Å². The van der Waals surface area contributed by atoms with Crippen LogP contribution in [0.2, 0.25) is 0 Å². The number of carbonyl (C=O) groups excluding carboxylic acids is 3. The molecule has 0 aliphatic carbocycles. The Morgan fingerprint density at radius 1 is 0.867 bits per heavy atom. The van der Waals surface area contributed by atoms with Crippen molar-refractivity contribution in [2.45, 2.75) is 57.8 Å². The molecule has 166 valence electrons. The van der Waals surface area contributed by atoms with Gasteiger partial charge >= 0.3 is 11.8 Å². The normalized spacial score (nSPS) is 10.8. The van der Waals surface area contributed by atoms with Gasteiger partial charge in [-0.1, -0.05) is 49.6 Å².